The van der Waals surface area contributed by atoms with Gasteiger partial charge < -0.3 is 15.7 Å². The van der Waals surface area contributed by atoms with Crippen molar-refractivity contribution in [3.8, 4) is 0 Å². The van der Waals surface area contributed by atoms with Crippen molar-refractivity contribution in [2.75, 3.05) is 13.1 Å². The third kappa shape index (κ3) is 5.95. The molecule has 1 heterocycles. The van der Waals surface area contributed by atoms with Crippen LogP contribution >= 0.6 is 12.4 Å². The number of carboxylic acid groups (broad SMARTS) is 1. The zero-order chi connectivity index (χ0) is 19.3. The second kappa shape index (κ2) is 10.3. The Balaban J connectivity index is 0.00000280. The van der Waals surface area contributed by atoms with E-state index < -0.39 is 5.97 Å². The topological polar surface area (TPSA) is 78.4 Å². The van der Waals surface area contributed by atoms with Crippen molar-refractivity contribution >= 4 is 24.3 Å². The van der Waals surface area contributed by atoms with Crippen molar-refractivity contribution in [1.29, 1.82) is 0 Å². The third-order valence-electron chi connectivity index (χ3n) is 6.50. The lowest BCUT2D eigenvalue weighted by molar-refractivity contribution is -0.137. The van der Waals surface area contributed by atoms with E-state index in [1.54, 1.807) is 0 Å². The standard InChI is InChI=1S/C22H32N2O3.ClH/c1-22(12-14-23-15-13-22)18-7-5-17(6-8-18)21(27)24-19-9-2-16(3-10-19)4-11-20(25)26;/h5-8,16,19,23H,2-4,9-15H2,1H3,(H,24,27)(H,25,26);1H/t16-,19-;. The molecular formula is C22H33ClN2O3. The van der Waals surface area contributed by atoms with Crippen LogP contribution in [-0.4, -0.2) is 36.1 Å². The molecule has 1 saturated heterocycles. The third-order valence-corrected chi connectivity index (χ3v) is 6.50. The van der Waals surface area contributed by atoms with Gasteiger partial charge in [-0.25, -0.2) is 0 Å². The van der Waals surface area contributed by atoms with Crippen molar-refractivity contribution in [1.82, 2.24) is 10.6 Å². The van der Waals surface area contributed by atoms with Gasteiger partial charge in [0, 0.05) is 18.0 Å². The molecule has 1 amide bonds. The van der Waals surface area contributed by atoms with E-state index in [1.807, 2.05) is 12.1 Å². The highest BCUT2D eigenvalue weighted by molar-refractivity contribution is 5.94. The van der Waals surface area contributed by atoms with Crippen molar-refractivity contribution in [2.24, 2.45) is 5.92 Å². The van der Waals surface area contributed by atoms with Crippen molar-refractivity contribution in [3.63, 3.8) is 0 Å². The van der Waals surface area contributed by atoms with Gasteiger partial charge in [-0.1, -0.05) is 19.1 Å². The SMILES string of the molecule is CC1(c2ccc(C(=O)N[C@H]3CC[C@H](CCC(=O)O)CC3)cc2)CCNCC1.Cl. The zero-order valence-corrected chi connectivity index (χ0v) is 17.5. The van der Waals surface area contributed by atoms with E-state index in [4.69, 9.17) is 5.11 Å². The maximum Gasteiger partial charge on any atom is 0.303 e. The molecule has 1 aromatic rings. The second-order valence-electron chi connectivity index (χ2n) is 8.51. The Morgan fingerprint density at radius 1 is 1.11 bits per heavy atom. The molecule has 0 spiro atoms. The fourth-order valence-electron chi connectivity index (χ4n) is 4.48. The van der Waals surface area contributed by atoms with Crippen LogP contribution in [0.2, 0.25) is 0 Å². The summed E-state index contributed by atoms with van der Waals surface area (Å²) in [6.07, 6.45) is 7.16. The maximum atomic E-state index is 12.6. The quantitative estimate of drug-likeness (QED) is 0.666. The normalized spacial score (nSPS) is 24.0. The minimum Gasteiger partial charge on any atom is -0.481 e. The van der Waals surface area contributed by atoms with Crippen molar-refractivity contribution < 1.29 is 14.7 Å². The summed E-state index contributed by atoms with van der Waals surface area (Å²) in [7, 11) is 0. The number of carboxylic acids is 1. The van der Waals surface area contributed by atoms with Gasteiger partial charge in [-0.2, -0.15) is 0 Å². The number of halogens is 1. The van der Waals surface area contributed by atoms with E-state index in [9.17, 15) is 9.59 Å². The first kappa shape index (κ1) is 22.7. The fraction of sp³-hybridized carbons (Fsp3) is 0.636. The van der Waals surface area contributed by atoms with Gasteiger partial charge in [0.1, 0.15) is 0 Å². The van der Waals surface area contributed by atoms with E-state index in [0.29, 0.717) is 5.92 Å². The molecule has 2 fully saturated rings. The molecule has 0 unspecified atom stereocenters. The lowest BCUT2D eigenvalue weighted by Crippen LogP contribution is -2.38. The zero-order valence-electron chi connectivity index (χ0n) is 16.7. The minimum absolute atomic E-state index is 0. The van der Waals surface area contributed by atoms with Crippen LogP contribution in [0.25, 0.3) is 0 Å². The highest BCUT2D eigenvalue weighted by Crippen LogP contribution is 2.33. The van der Waals surface area contributed by atoms with Crippen LogP contribution in [0.5, 0.6) is 0 Å². The number of rotatable bonds is 6. The van der Waals surface area contributed by atoms with Gasteiger partial charge in [-0.3, -0.25) is 9.59 Å². The summed E-state index contributed by atoms with van der Waals surface area (Å²) in [5.74, 6) is -0.225. The van der Waals surface area contributed by atoms with Crippen molar-refractivity contribution in [2.45, 2.75) is 69.7 Å². The Kier molecular flexibility index (Phi) is 8.32. The number of hydrogen-bond donors (Lipinski definition) is 3. The predicted molar refractivity (Wildman–Crippen MR) is 113 cm³/mol. The van der Waals surface area contributed by atoms with Gasteiger partial charge in [-0.15, -0.1) is 12.4 Å². The number of aliphatic carboxylic acids is 1. The molecule has 28 heavy (non-hydrogen) atoms. The number of benzene rings is 1. The predicted octanol–water partition coefficient (Wildman–Crippen LogP) is 3.90. The van der Waals surface area contributed by atoms with E-state index in [2.05, 4.69) is 29.7 Å². The van der Waals surface area contributed by atoms with E-state index in [1.165, 1.54) is 5.56 Å². The summed E-state index contributed by atoms with van der Waals surface area (Å²) in [5.41, 5.74) is 2.25. The van der Waals surface area contributed by atoms with E-state index in [-0.39, 0.29) is 36.2 Å². The van der Waals surface area contributed by atoms with Crippen LogP contribution < -0.4 is 10.6 Å². The molecule has 5 nitrogen and oxygen atoms in total. The molecule has 6 heteroatoms. The van der Waals surface area contributed by atoms with Crippen molar-refractivity contribution in [3.05, 3.63) is 35.4 Å². The number of carbonyl (C=O) groups is 2. The van der Waals surface area contributed by atoms with Crippen LogP contribution in [0.1, 0.15) is 74.2 Å². The summed E-state index contributed by atoms with van der Waals surface area (Å²) >= 11 is 0. The van der Waals surface area contributed by atoms with Crippen LogP contribution in [0.3, 0.4) is 0 Å². The average molecular weight is 409 g/mol. The minimum atomic E-state index is -0.716. The molecule has 156 valence electrons. The number of nitrogens with one attached hydrogen (secondary N) is 2. The lowest BCUT2D eigenvalue weighted by Gasteiger charge is -2.34. The maximum absolute atomic E-state index is 12.6. The van der Waals surface area contributed by atoms with Gasteiger partial charge in [0.25, 0.3) is 5.91 Å². The Labute approximate surface area is 174 Å². The van der Waals surface area contributed by atoms with E-state index in [0.717, 1.165) is 63.6 Å². The summed E-state index contributed by atoms with van der Waals surface area (Å²) in [5, 5.41) is 15.4. The van der Waals surface area contributed by atoms with Gasteiger partial charge in [-0.05, 0) is 87.1 Å². The first-order valence-corrected chi connectivity index (χ1v) is 10.3. The molecule has 1 aromatic carbocycles. The molecule has 1 aliphatic heterocycles. The number of piperidine rings is 1. The monoisotopic (exact) mass is 408 g/mol. The molecule has 1 saturated carbocycles. The molecule has 0 radical (unpaired) electrons. The first-order valence-electron chi connectivity index (χ1n) is 10.3. The van der Waals surface area contributed by atoms with Gasteiger partial charge >= 0.3 is 5.97 Å². The highest BCUT2D eigenvalue weighted by Gasteiger charge is 2.29. The number of carbonyl (C=O) groups excluding carboxylic acids is 1. The van der Waals surface area contributed by atoms with Crippen LogP contribution in [0.4, 0.5) is 0 Å². The summed E-state index contributed by atoms with van der Waals surface area (Å²) < 4.78 is 0. The second-order valence-corrected chi connectivity index (χ2v) is 8.51. The van der Waals surface area contributed by atoms with Crippen LogP contribution in [0.15, 0.2) is 24.3 Å². The molecular weight excluding hydrogens is 376 g/mol. The number of amides is 1. The van der Waals surface area contributed by atoms with Crippen LogP contribution in [-0.2, 0) is 10.2 Å². The molecule has 0 aromatic heterocycles. The molecule has 3 rings (SSSR count). The molecule has 0 atom stereocenters. The van der Waals surface area contributed by atoms with Gasteiger partial charge in [0.05, 0.1) is 0 Å². The molecule has 0 bridgehead atoms. The molecule has 1 aliphatic carbocycles. The van der Waals surface area contributed by atoms with Gasteiger partial charge in [0.2, 0.25) is 0 Å². The molecule has 2 aliphatic rings. The Bertz CT molecular complexity index is 648. The van der Waals surface area contributed by atoms with Crippen LogP contribution in [0, 0.1) is 5.92 Å². The smallest absolute Gasteiger partial charge is 0.303 e. The lowest BCUT2D eigenvalue weighted by atomic mass is 9.75. The molecule has 3 N–H and O–H groups in total. The van der Waals surface area contributed by atoms with E-state index >= 15 is 0 Å². The number of hydrogen-bond acceptors (Lipinski definition) is 3. The first-order chi connectivity index (χ1) is 13.0. The van der Waals surface area contributed by atoms with Gasteiger partial charge in [0.15, 0.2) is 0 Å². The summed E-state index contributed by atoms with van der Waals surface area (Å²) in [6, 6.07) is 8.35. The largest absolute Gasteiger partial charge is 0.481 e. The highest BCUT2D eigenvalue weighted by atomic mass is 35.5. The Hall–Kier alpha value is -1.59. The Morgan fingerprint density at radius 3 is 2.29 bits per heavy atom. The fourth-order valence-corrected chi connectivity index (χ4v) is 4.48. The summed E-state index contributed by atoms with van der Waals surface area (Å²) in [6.45, 7) is 4.41. The Morgan fingerprint density at radius 2 is 1.71 bits per heavy atom. The summed E-state index contributed by atoms with van der Waals surface area (Å²) in [4.78, 5) is 23.3. The average Bonchev–Trinajstić information content (AvgIpc) is 2.68.